The number of hydrogen-bond acceptors (Lipinski definition) is 2. The van der Waals surface area contributed by atoms with E-state index in [9.17, 15) is 0 Å². The fourth-order valence-electron chi connectivity index (χ4n) is 9.63. The molecule has 2 nitrogen and oxygen atoms in total. The standard InChI is InChI=1S/C60H38N2/c1-3-17-39(18-4-1)40-31-33-41(34-32-40)56-38-57(62-60(61-56)42-19-5-2-6-20-42)59-53-29-15-13-27-51(53)58(52-28-14-16-30-54(52)59)43-35-36-50-48-25-10-9-23-46(48)44-21-7-8-22-45(44)47-24-11-12-26-49(47)55(50)37-43/h1-38H. The molecule has 0 radical (unpaired) electrons. The molecule has 1 heterocycles. The first-order valence-corrected chi connectivity index (χ1v) is 21.2. The van der Waals surface area contributed by atoms with E-state index >= 15 is 0 Å². The SMILES string of the molecule is c1ccc(-c2ccc(-c3cc(-c4c5ccccc5c(-c5ccc6c(c5)-c5ccccc5-c5ccccc5-c5ccccc5-6)c5ccccc45)nc(-c4ccccc4)n3)cc2)cc1. The predicted octanol–water partition coefficient (Wildman–Crippen LogP) is 16.1. The first-order chi connectivity index (χ1) is 30.8. The van der Waals surface area contributed by atoms with E-state index in [1.54, 1.807) is 0 Å². The Bertz CT molecular complexity index is 3430. The van der Waals surface area contributed by atoms with Crippen LogP contribution in [0.4, 0.5) is 0 Å². The number of benzene rings is 10. The van der Waals surface area contributed by atoms with E-state index < -0.39 is 0 Å². The summed E-state index contributed by atoms with van der Waals surface area (Å²) in [4.78, 5) is 10.6. The van der Waals surface area contributed by atoms with Crippen molar-refractivity contribution >= 4 is 21.5 Å². The number of nitrogens with zero attached hydrogens (tertiary/aromatic N) is 2. The monoisotopic (exact) mass is 786 g/mol. The van der Waals surface area contributed by atoms with Crippen LogP contribution in [0.1, 0.15) is 0 Å². The summed E-state index contributed by atoms with van der Waals surface area (Å²) in [5.41, 5.74) is 19.6. The van der Waals surface area contributed by atoms with E-state index in [0.29, 0.717) is 5.82 Å². The Hall–Kier alpha value is -8.20. The van der Waals surface area contributed by atoms with Crippen LogP contribution in [0.2, 0.25) is 0 Å². The molecule has 1 aliphatic rings. The molecule has 11 aromatic rings. The van der Waals surface area contributed by atoms with Gasteiger partial charge in [0.05, 0.1) is 11.4 Å². The Balaban J connectivity index is 1.09. The molecular weight excluding hydrogens is 749 g/mol. The van der Waals surface area contributed by atoms with Crippen LogP contribution in [-0.4, -0.2) is 9.97 Å². The predicted molar refractivity (Wildman–Crippen MR) is 260 cm³/mol. The van der Waals surface area contributed by atoms with Crippen molar-refractivity contribution in [3.05, 3.63) is 231 Å². The number of fused-ring (bicyclic) bond motifs is 10. The highest BCUT2D eigenvalue weighted by atomic mass is 14.9. The maximum absolute atomic E-state index is 5.40. The molecule has 288 valence electrons. The molecule has 1 aromatic heterocycles. The number of rotatable bonds is 5. The maximum Gasteiger partial charge on any atom is 0.160 e. The van der Waals surface area contributed by atoms with Gasteiger partial charge in [-0.15, -0.1) is 0 Å². The minimum atomic E-state index is 0.699. The zero-order valence-corrected chi connectivity index (χ0v) is 33.8. The molecule has 0 fully saturated rings. The van der Waals surface area contributed by atoms with E-state index in [1.807, 2.05) is 6.07 Å². The quantitative estimate of drug-likeness (QED) is 0.162. The zero-order valence-electron chi connectivity index (χ0n) is 33.8. The summed E-state index contributed by atoms with van der Waals surface area (Å²) < 4.78 is 0. The van der Waals surface area contributed by atoms with Gasteiger partial charge in [-0.1, -0.05) is 218 Å². The van der Waals surface area contributed by atoms with Crippen molar-refractivity contribution in [1.29, 1.82) is 0 Å². The van der Waals surface area contributed by atoms with Crippen molar-refractivity contribution in [2.75, 3.05) is 0 Å². The molecule has 0 N–H and O–H groups in total. The molecule has 1 aliphatic carbocycles. The molecule has 62 heavy (non-hydrogen) atoms. The molecule has 0 atom stereocenters. The summed E-state index contributed by atoms with van der Waals surface area (Å²) in [6, 6.07) is 83.1. The Morgan fingerprint density at radius 3 is 1.08 bits per heavy atom. The van der Waals surface area contributed by atoms with Crippen molar-refractivity contribution in [1.82, 2.24) is 9.97 Å². The first-order valence-electron chi connectivity index (χ1n) is 21.2. The van der Waals surface area contributed by atoms with Gasteiger partial charge in [0.25, 0.3) is 0 Å². The molecule has 0 spiro atoms. The lowest BCUT2D eigenvalue weighted by Gasteiger charge is -2.24. The number of aromatic nitrogens is 2. The highest BCUT2D eigenvalue weighted by Gasteiger charge is 2.24. The highest BCUT2D eigenvalue weighted by Crippen LogP contribution is 2.50. The Labute approximate surface area is 361 Å². The topological polar surface area (TPSA) is 25.8 Å². The average molecular weight is 787 g/mol. The van der Waals surface area contributed by atoms with Gasteiger partial charge in [0.2, 0.25) is 0 Å². The summed E-state index contributed by atoms with van der Waals surface area (Å²) in [5.74, 6) is 0.699. The molecule has 0 amide bonds. The smallest absolute Gasteiger partial charge is 0.160 e. The summed E-state index contributed by atoms with van der Waals surface area (Å²) in [5, 5.41) is 4.66. The molecular formula is C60H38N2. The lowest BCUT2D eigenvalue weighted by atomic mass is 9.79. The molecule has 12 rings (SSSR count). The summed E-state index contributed by atoms with van der Waals surface area (Å²) in [6.45, 7) is 0. The minimum absolute atomic E-state index is 0.699. The second kappa shape index (κ2) is 14.8. The van der Waals surface area contributed by atoms with Crippen LogP contribution in [0.3, 0.4) is 0 Å². The lowest BCUT2D eigenvalue weighted by molar-refractivity contribution is 1.19. The Kier molecular flexibility index (Phi) is 8.53. The highest BCUT2D eigenvalue weighted by molar-refractivity contribution is 6.21. The molecule has 2 heteroatoms. The molecule has 0 bridgehead atoms. The van der Waals surface area contributed by atoms with Crippen LogP contribution in [-0.2, 0) is 0 Å². The van der Waals surface area contributed by atoms with Gasteiger partial charge >= 0.3 is 0 Å². The van der Waals surface area contributed by atoms with Crippen LogP contribution in [0.25, 0.3) is 122 Å². The Morgan fingerprint density at radius 2 is 0.565 bits per heavy atom. The summed E-state index contributed by atoms with van der Waals surface area (Å²) in [6.07, 6.45) is 0. The fraction of sp³-hybridized carbons (Fsp3) is 0. The van der Waals surface area contributed by atoms with E-state index in [-0.39, 0.29) is 0 Å². The van der Waals surface area contributed by atoms with E-state index in [1.165, 1.54) is 77.5 Å². The van der Waals surface area contributed by atoms with Crippen molar-refractivity contribution in [3.63, 3.8) is 0 Å². The second-order valence-electron chi connectivity index (χ2n) is 16.0. The van der Waals surface area contributed by atoms with Crippen molar-refractivity contribution in [2.24, 2.45) is 0 Å². The van der Waals surface area contributed by atoms with Crippen molar-refractivity contribution in [3.8, 4) is 101 Å². The van der Waals surface area contributed by atoms with Crippen LogP contribution >= 0.6 is 0 Å². The summed E-state index contributed by atoms with van der Waals surface area (Å²) >= 11 is 0. The van der Waals surface area contributed by atoms with Crippen LogP contribution < -0.4 is 0 Å². The Morgan fingerprint density at radius 1 is 0.210 bits per heavy atom. The normalized spacial score (nSPS) is 11.5. The van der Waals surface area contributed by atoms with Gasteiger partial charge in [-0.3, -0.25) is 0 Å². The van der Waals surface area contributed by atoms with E-state index in [4.69, 9.17) is 9.97 Å². The zero-order chi connectivity index (χ0) is 41.0. The maximum atomic E-state index is 5.40. The second-order valence-corrected chi connectivity index (χ2v) is 16.0. The molecule has 10 aromatic carbocycles. The van der Waals surface area contributed by atoms with Crippen molar-refractivity contribution in [2.45, 2.75) is 0 Å². The molecule has 0 saturated carbocycles. The third-order valence-corrected chi connectivity index (χ3v) is 12.5. The molecule has 0 saturated heterocycles. The van der Waals surface area contributed by atoms with Crippen LogP contribution in [0.15, 0.2) is 231 Å². The lowest BCUT2D eigenvalue weighted by Crippen LogP contribution is -1.99. The van der Waals surface area contributed by atoms with E-state index in [0.717, 1.165) is 38.9 Å². The van der Waals surface area contributed by atoms with Crippen LogP contribution in [0.5, 0.6) is 0 Å². The number of hydrogen-bond donors (Lipinski definition) is 0. The van der Waals surface area contributed by atoms with Crippen molar-refractivity contribution < 1.29 is 0 Å². The molecule has 0 unspecified atom stereocenters. The molecule has 0 aliphatic heterocycles. The third kappa shape index (κ3) is 5.96. The van der Waals surface area contributed by atoms with Gasteiger partial charge in [0.1, 0.15) is 0 Å². The minimum Gasteiger partial charge on any atom is -0.228 e. The van der Waals surface area contributed by atoms with Gasteiger partial charge in [0.15, 0.2) is 5.82 Å². The third-order valence-electron chi connectivity index (χ3n) is 12.5. The van der Waals surface area contributed by atoms with Gasteiger partial charge < -0.3 is 0 Å². The van der Waals surface area contributed by atoms with Crippen LogP contribution in [0, 0.1) is 0 Å². The van der Waals surface area contributed by atoms with E-state index in [2.05, 4.69) is 224 Å². The largest absolute Gasteiger partial charge is 0.228 e. The summed E-state index contributed by atoms with van der Waals surface area (Å²) in [7, 11) is 0. The average Bonchev–Trinajstić information content (AvgIpc) is 3.35. The van der Waals surface area contributed by atoms with Gasteiger partial charge in [-0.25, -0.2) is 9.97 Å². The fourth-order valence-corrected chi connectivity index (χ4v) is 9.63. The van der Waals surface area contributed by atoms with Gasteiger partial charge in [0, 0.05) is 16.7 Å². The van der Waals surface area contributed by atoms with Gasteiger partial charge in [-0.05, 0) is 100 Å². The first kappa shape index (κ1) is 35.7. The van der Waals surface area contributed by atoms with Gasteiger partial charge in [-0.2, -0.15) is 0 Å².